The Morgan fingerprint density at radius 3 is 2.39 bits per heavy atom. The number of unbranched alkanes of at least 4 members (excludes halogenated alkanes) is 2. The number of carboxylic acids is 1. The minimum Gasteiger partial charge on any atom is -0.478 e. The summed E-state index contributed by atoms with van der Waals surface area (Å²) in [7, 11) is 0. The summed E-state index contributed by atoms with van der Waals surface area (Å²) in [6.07, 6.45) is 7.43. The quantitative estimate of drug-likeness (QED) is 0.686. The fraction of sp³-hybridized carbons (Fsp3) is 0.562. The standard InChI is InChI=1S/C16H24O2/c1-3-13(2)7-5-4-6-8-14-9-11-15(12-10-14)16(17)18/h9-13H,3-8H2,1-2H3,(H,17,18). The molecule has 100 valence electrons. The van der Waals surface area contributed by atoms with Crippen molar-refractivity contribution in [3.05, 3.63) is 35.4 Å². The van der Waals surface area contributed by atoms with Gasteiger partial charge < -0.3 is 5.11 Å². The number of carbonyl (C=O) groups is 1. The molecule has 0 amide bonds. The predicted molar refractivity (Wildman–Crippen MR) is 75.0 cm³/mol. The molecule has 1 N–H and O–H groups in total. The van der Waals surface area contributed by atoms with Crippen LogP contribution in [0.2, 0.25) is 0 Å². The summed E-state index contributed by atoms with van der Waals surface area (Å²) in [6, 6.07) is 7.24. The highest BCUT2D eigenvalue weighted by molar-refractivity contribution is 5.87. The van der Waals surface area contributed by atoms with Crippen LogP contribution in [0.25, 0.3) is 0 Å². The first-order chi connectivity index (χ1) is 8.63. The number of hydrogen-bond acceptors (Lipinski definition) is 1. The second-order valence-electron chi connectivity index (χ2n) is 5.11. The highest BCUT2D eigenvalue weighted by Gasteiger charge is 2.02. The van der Waals surface area contributed by atoms with E-state index >= 15 is 0 Å². The van der Waals surface area contributed by atoms with Gasteiger partial charge in [-0.2, -0.15) is 0 Å². The molecule has 2 heteroatoms. The molecule has 0 saturated heterocycles. The van der Waals surface area contributed by atoms with E-state index in [4.69, 9.17) is 5.11 Å². The molecule has 1 aromatic carbocycles. The van der Waals surface area contributed by atoms with E-state index in [0.717, 1.165) is 12.3 Å². The Labute approximate surface area is 110 Å². The Morgan fingerprint density at radius 2 is 1.83 bits per heavy atom. The number of benzene rings is 1. The van der Waals surface area contributed by atoms with E-state index in [1.54, 1.807) is 12.1 Å². The molecule has 1 rings (SSSR count). The smallest absolute Gasteiger partial charge is 0.335 e. The van der Waals surface area contributed by atoms with Gasteiger partial charge in [0.15, 0.2) is 0 Å². The lowest BCUT2D eigenvalue weighted by Gasteiger charge is -2.07. The summed E-state index contributed by atoms with van der Waals surface area (Å²) < 4.78 is 0. The third kappa shape index (κ3) is 5.35. The van der Waals surface area contributed by atoms with Gasteiger partial charge in [0.2, 0.25) is 0 Å². The molecule has 1 atom stereocenters. The number of carboxylic acid groups (broad SMARTS) is 1. The molecule has 0 radical (unpaired) electrons. The summed E-state index contributed by atoms with van der Waals surface area (Å²) in [6.45, 7) is 4.55. The molecule has 0 aliphatic rings. The Bertz CT molecular complexity index is 354. The maximum atomic E-state index is 10.7. The van der Waals surface area contributed by atoms with Crippen molar-refractivity contribution >= 4 is 5.97 Å². The summed E-state index contributed by atoms with van der Waals surface area (Å²) in [5.41, 5.74) is 1.61. The van der Waals surface area contributed by atoms with Crippen LogP contribution in [0, 0.1) is 5.92 Å². The van der Waals surface area contributed by atoms with Crippen molar-refractivity contribution in [1.82, 2.24) is 0 Å². The minimum absolute atomic E-state index is 0.371. The van der Waals surface area contributed by atoms with E-state index in [2.05, 4.69) is 13.8 Å². The fourth-order valence-electron chi connectivity index (χ4n) is 2.02. The second-order valence-corrected chi connectivity index (χ2v) is 5.11. The van der Waals surface area contributed by atoms with Gasteiger partial charge >= 0.3 is 5.97 Å². The van der Waals surface area contributed by atoms with Crippen LogP contribution in [0.15, 0.2) is 24.3 Å². The molecule has 1 aromatic rings. The maximum Gasteiger partial charge on any atom is 0.335 e. The number of rotatable bonds is 8. The second kappa shape index (κ2) is 7.91. The van der Waals surface area contributed by atoms with Gasteiger partial charge in [-0.15, -0.1) is 0 Å². The van der Waals surface area contributed by atoms with Crippen molar-refractivity contribution < 1.29 is 9.90 Å². The molecular formula is C16H24O2. The van der Waals surface area contributed by atoms with E-state index in [1.165, 1.54) is 37.7 Å². The normalized spacial score (nSPS) is 12.3. The van der Waals surface area contributed by atoms with Crippen LogP contribution in [0.1, 0.15) is 61.9 Å². The van der Waals surface area contributed by atoms with Gasteiger partial charge in [-0.3, -0.25) is 0 Å². The molecular weight excluding hydrogens is 224 g/mol. The maximum absolute atomic E-state index is 10.7. The zero-order valence-electron chi connectivity index (χ0n) is 11.5. The molecule has 0 aliphatic carbocycles. The van der Waals surface area contributed by atoms with Crippen LogP contribution in [0.4, 0.5) is 0 Å². The van der Waals surface area contributed by atoms with Crippen molar-refractivity contribution in [3.8, 4) is 0 Å². The van der Waals surface area contributed by atoms with Crippen LogP contribution in [0.5, 0.6) is 0 Å². The average molecular weight is 248 g/mol. The van der Waals surface area contributed by atoms with E-state index < -0.39 is 5.97 Å². The summed E-state index contributed by atoms with van der Waals surface area (Å²) in [5.74, 6) is -0.00467. The Kier molecular flexibility index (Phi) is 6.48. The molecule has 0 bridgehead atoms. The third-order valence-electron chi connectivity index (χ3n) is 3.56. The molecule has 0 saturated carbocycles. The van der Waals surface area contributed by atoms with Crippen molar-refractivity contribution in [2.24, 2.45) is 5.92 Å². The highest BCUT2D eigenvalue weighted by Crippen LogP contribution is 2.14. The number of aryl methyl sites for hydroxylation is 1. The Hall–Kier alpha value is -1.31. The van der Waals surface area contributed by atoms with E-state index in [1.807, 2.05) is 12.1 Å². The summed E-state index contributed by atoms with van der Waals surface area (Å²) in [4.78, 5) is 10.7. The zero-order valence-corrected chi connectivity index (χ0v) is 11.5. The van der Waals surface area contributed by atoms with E-state index in [0.29, 0.717) is 5.56 Å². The lowest BCUT2D eigenvalue weighted by molar-refractivity contribution is 0.0697. The van der Waals surface area contributed by atoms with Crippen molar-refractivity contribution in [3.63, 3.8) is 0 Å². The van der Waals surface area contributed by atoms with Gasteiger partial charge in [0.1, 0.15) is 0 Å². The Morgan fingerprint density at radius 1 is 1.17 bits per heavy atom. The minimum atomic E-state index is -0.852. The molecule has 18 heavy (non-hydrogen) atoms. The highest BCUT2D eigenvalue weighted by atomic mass is 16.4. The Balaban J connectivity index is 2.21. The fourth-order valence-corrected chi connectivity index (χ4v) is 2.02. The molecule has 0 aromatic heterocycles. The van der Waals surface area contributed by atoms with Crippen LogP contribution in [-0.4, -0.2) is 11.1 Å². The predicted octanol–water partition coefficient (Wildman–Crippen LogP) is 4.53. The lowest BCUT2D eigenvalue weighted by atomic mass is 9.99. The molecule has 0 aliphatic heterocycles. The van der Waals surface area contributed by atoms with Gasteiger partial charge in [0.05, 0.1) is 5.56 Å². The van der Waals surface area contributed by atoms with Gasteiger partial charge in [-0.05, 0) is 36.5 Å². The van der Waals surface area contributed by atoms with Crippen LogP contribution in [0.3, 0.4) is 0 Å². The first-order valence-corrected chi connectivity index (χ1v) is 6.95. The summed E-state index contributed by atoms with van der Waals surface area (Å²) in [5, 5.41) is 8.80. The lowest BCUT2D eigenvalue weighted by Crippen LogP contribution is -1.96. The van der Waals surface area contributed by atoms with Gasteiger partial charge in [0.25, 0.3) is 0 Å². The zero-order chi connectivity index (χ0) is 13.4. The molecule has 2 nitrogen and oxygen atoms in total. The van der Waals surface area contributed by atoms with Crippen LogP contribution in [-0.2, 0) is 6.42 Å². The number of aromatic carboxylic acids is 1. The molecule has 0 heterocycles. The number of hydrogen-bond donors (Lipinski definition) is 1. The average Bonchev–Trinajstić information content (AvgIpc) is 2.38. The molecule has 0 fully saturated rings. The largest absolute Gasteiger partial charge is 0.478 e. The van der Waals surface area contributed by atoms with E-state index in [9.17, 15) is 4.79 Å². The van der Waals surface area contributed by atoms with Crippen molar-refractivity contribution in [2.45, 2.75) is 52.4 Å². The third-order valence-corrected chi connectivity index (χ3v) is 3.56. The molecule has 1 unspecified atom stereocenters. The van der Waals surface area contributed by atoms with Crippen LogP contribution < -0.4 is 0 Å². The van der Waals surface area contributed by atoms with Gasteiger partial charge in [-0.25, -0.2) is 4.79 Å². The van der Waals surface area contributed by atoms with Crippen molar-refractivity contribution in [1.29, 1.82) is 0 Å². The summed E-state index contributed by atoms with van der Waals surface area (Å²) >= 11 is 0. The van der Waals surface area contributed by atoms with Crippen molar-refractivity contribution in [2.75, 3.05) is 0 Å². The monoisotopic (exact) mass is 248 g/mol. The van der Waals surface area contributed by atoms with Gasteiger partial charge in [0, 0.05) is 0 Å². The van der Waals surface area contributed by atoms with Gasteiger partial charge in [-0.1, -0.05) is 51.7 Å². The SMILES string of the molecule is CCC(C)CCCCCc1ccc(C(=O)O)cc1. The first-order valence-electron chi connectivity index (χ1n) is 6.95. The van der Waals surface area contributed by atoms with Crippen LogP contribution >= 0.6 is 0 Å². The molecule has 0 spiro atoms. The van der Waals surface area contributed by atoms with E-state index in [-0.39, 0.29) is 0 Å². The first kappa shape index (κ1) is 14.7. The topological polar surface area (TPSA) is 37.3 Å².